The Labute approximate surface area is 261 Å². The number of allylic oxidation sites excluding steroid dienone is 1. The molecule has 244 valence electrons. The van der Waals surface area contributed by atoms with E-state index in [1.165, 1.54) is 17.3 Å². The molecule has 0 bridgehead atoms. The highest BCUT2D eigenvalue weighted by Crippen LogP contribution is 2.38. The zero-order chi connectivity index (χ0) is 33.0. The van der Waals surface area contributed by atoms with E-state index in [0.29, 0.717) is 64.5 Å². The first-order valence-electron chi connectivity index (χ1n) is 14.3. The third kappa shape index (κ3) is 7.34. The van der Waals surface area contributed by atoms with Crippen molar-refractivity contribution in [2.24, 2.45) is 20.7 Å². The summed E-state index contributed by atoms with van der Waals surface area (Å²) in [6.45, 7) is 7.30. The van der Waals surface area contributed by atoms with E-state index in [2.05, 4.69) is 32.2 Å². The SMILES string of the molecule is C=C/N=C1/C=NC(N2CCOCC2)=N/C1=C(/N)Nc1cc(C(=O)Nc2cc(N3CCN(C)CC3)c(F)c(C(F)(F)F)c2)ccc1F. The van der Waals surface area contributed by atoms with Gasteiger partial charge in [-0.25, -0.2) is 18.8 Å². The number of likely N-dealkylation sites (N-methyl/N-ethyl adjacent to an activating group) is 1. The van der Waals surface area contributed by atoms with Gasteiger partial charge in [0.15, 0.2) is 5.82 Å². The maximum Gasteiger partial charge on any atom is 0.419 e. The lowest BCUT2D eigenvalue weighted by atomic mass is 10.1. The van der Waals surface area contributed by atoms with Crippen molar-refractivity contribution >= 4 is 40.9 Å². The number of rotatable bonds is 6. The van der Waals surface area contributed by atoms with E-state index in [9.17, 15) is 22.4 Å². The van der Waals surface area contributed by atoms with Crippen molar-refractivity contribution in [3.8, 4) is 0 Å². The molecule has 0 spiro atoms. The van der Waals surface area contributed by atoms with Crippen LogP contribution in [0.25, 0.3) is 0 Å². The van der Waals surface area contributed by atoms with Gasteiger partial charge < -0.3 is 35.8 Å². The van der Waals surface area contributed by atoms with Crippen molar-refractivity contribution in [3.05, 3.63) is 77.4 Å². The molecule has 11 nitrogen and oxygen atoms in total. The van der Waals surface area contributed by atoms with Gasteiger partial charge in [-0.3, -0.25) is 9.79 Å². The van der Waals surface area contributed by atoms with Gasteiger partial charge in [0.25, 0.3) is 5.91 Å². The fourth-order valence-corrected chi connectivity index (χ4v) is 5.01. The van der Waals surface area contributed by atoms with Crippen LogP contribution in [0.4, 0.5) is 39.0 Å². The molecule has 2 fully saturated rings. The quantitative estimate of drug-likeness (QED) is 0.408. The number of halogens is 5. The van der Waals surface area contributed by atoms with Crippen LogP contribution < -0.4 is 21.3 Å². The fourth-order valence-electron chi connectivity index (χ4n) is 5.01. The molecule has 3 aliphatic rings. The lowest BCUT2D eigenvalue weighted by Crippen LogP contribution is -2.45. The van der Waals surface area contributed by atoms with E-state index in [-0.39, 0.29) is 39.9 Å². The molecule has 0 aliphatic carbocycles. The summed E-state index contributed by atoms with van der Waals surface area (Å²) in [7, 11) is 1.86. The number of nitrogens with two attached hydrogens (primary N) is 1. The maximum atomic E-state index is 15.1. The molecule has 46 heavy (non-hydrogen) atoms. The monoisotopic (exact) mass is 645 g/mol. The first-order chi connectivity index (χ1) is 21.9. The first kappa shape index (κ1) is 32.6. The van der Waals surface area contributed by atoms with E-state index >= 15 is 4.39 Å². The number of nitrogens with zero attached hydrogens (tertiary/aromatic N) is 6. The minimum absolute atomic E-state index is 0.108. The molecule has 2 saturated heterocycles. The van der Waals surface area contributed by atoms with Crippen LogP contribution in [0, 0.1) is 11.6 Å². The van der Waals surface area contributed by atoms with E-state index in [1.54, 1.807) is 0 Å². The summed E-state index contributed by atoms with van der Waals surface area (Å²) < 4.78 is 76.8. The van der Waals surface area contributed by atoms with Gasteiger partial charge in [-0.05, 0) is 37.4 Å². The van der Waals surface area contributed by atoms with Crippen LogP contribution in [0.15, 0.2) is 69.6 Å². The molecular weight excluding hydrogens is 613 g/mol. The summed E-state index contributed by atoms with van der Waals surface area (Å²) in [6, 6.07) is 4.99. The van der Waals surface area contributed by atoms with Crippen LogP contribution in [-0.4, -0.2) is 93.1 Å². The number of amides is 1. The van der Waals surface area contributed by atoms with E-state index in [1.807, 2.05) is 16.8 Å². The standard InChI is InChI=1S/C30H32F5N9O2/c1-3-37-23-17-38-29(44-10-12-46-13-11-44)41-26(23)27(36)40-22-14-18(4-5-21(22)31)28(45)39-19-15-20(30(33,34)35)25(32)24(16-19)43-8-6-42(2)7-9-43/h3-5,14-17,40H,1,6-13,36H2,2H3,(H,39,45)/b27-26-,37-23-. The largest absolute Gasteiger partial charge is 0.419 e. The molecule has 0 radical (unpaired) electrons. The van der Waals surface area contributed by atoms with Crippen molar-refractivity contribution < 1.29 is 31.5 Å². The third-order valence-corrected chi connectivity index (χ3v) is 7.49. The number of anilines is 3. The lowest BCUT2D eigenvalue weighted by Gasteiger charge is -2.34. The van der Waals surface area contributed by atoms with Gasteiger partial charge in [-0.1, -0.05) is 6.58 Å². The molecule has 4 N–H and O–H groups in total. The molecule has 1 amide bonds. The highest BCUT2D eigenvalue weighted by molar-refractivity contribution is 6.41. The van der Waals surface area contributed by atoms with Crippen molar-refractivity contribution in [2.45, 2.75) is 6.18 Å². The van der Waals surface area contributed by atoms with E-state index in [4.69, 9.17) is 10.5 Å². The Balaban J connectivity index is 1.42. The van der Waals surface area contributed by atoms with Crippen LogP contribution in [0.2, 0.25) is 0 Å². The second kappa shape index (κ2) is 13.7. The van der Waals surface area contributed by atoms with E-state index < -0.39 is 29.3 Å². The van der Waals surface area contributed by atoms with Crippen LogP contribution in [0.5, 0.6) is 0 Å². The maximum absolute atomic E-state index is 15.1. The van der Waals surface area contributed by atoms with Crippen LogP contribution in [0.1, 0.15) is 15.9 Å². The number of hydrogen-bond acceptors (Lipinski definition) is 10. The number of ether oxygens (including phenoxy) is 1. The minimum atomic E-state index is -5.01. The molecule has 3 heterocycles. The Bertz CT molecular complexity index is 1620. The van der Waals surface area contributed by atoms with Crippen LogP contribution in [0.3, 0.4) is 0 Å². The third-order valence-electron chi connectivity index (χ3n) is 7.49. The topological polar surface area (TPSA) is 123 Å². The predicted molar refractivity (Wildman–Crippen MR) is 166 cm³/mol. The van der Waals surface area contributed by atoms with Gasteiger partial charge in [0, 0.05) is 56.7 Å². The van der Waals surface area contributed by atoms with E-state index in [0.717, 1.165) is 24.3 Å². The van der Waals surface area contributed by atoms with Crippen molar-refractivity contribution in [1.82, 2.24) is 9.80 Å². The fraction of sp³-hybridized carbons (Fsp3) is 0.333. The average molecular weight is 646 g/mol. The van der Waals surface area contributed by atoms with Crippen LogP contribution in [-0.2, 0) is 10.9 Å². The lowest BCUT2D eigenvalue weighted by molar-refractivity contribution is -0.139. The zero-order valence-electron chi connectivity index (χ0n) is 24.9. The molecule has 0 atom stereocenters. The zero-order valence-corrected chi connectivity index (χ0v) is 24.9. The Morgan fingerprint density at radius 3 is 2.43 bits per heavy atom. The molecular formula is C30H32F5N9O2. The number of alkyl halides is 3. The van der Waals surface area contributed by atoms with Gasteiger partial charge in [0.05, 0.1) is 36.4 Å². The Morgan fingerprint density at radius 1 is 1.04 bits per heavy atom. The van der Waals surface area contributed by atoms with Gasteiger partial charge >= 0.3 is 6.18 Å². The van der Waals surface area contributed by atoms with Gasteiger partial charge in [0.2, 0.25) is 5.96 Å². The summed E-state index contributed by atoms with van der Waals surface area (Å²) >= 11 is 0. The number of piperazine rings is 1. The predicted octanol–water partition coefficient (Wildman–Crippen LogP) is 3.88. The minimum Gasteiger partial charge on any atom is -0.383 e. The Hall–Kier alpha value is -4.83. The molecule has 3 aliphatic heterocycles. The molecule has 0 aromatic heterocycles. The summed E-state index contributed by atoms with van der Waals surface area (Å²) in [4.78, 5) is 31.5. The smallest absolute Gasteiger partial charge is 0.383 e. The highest BCUT2D eigenvalue weighted by Gasteiger charge is 2.37. The summed E-state index contributed by atoms with van der Waals surface area (Å²) in [6.07, 6.45) is -2.30. The van der Waals surface area contributed by atoms with Gasteiger partial charge in [-0.2, -0.15) is 13.2 Å². The average Bonchev–Trinajstić information content (AvgIpc) is 3.03. The summed E-state index contributed by atoms with van der Waals surface area (Å²) in [5.41, 5.74) is 4.32. The number of aliphatic imine (C=N–C) groups is 3. The second-order valence-corrected chi connectivity index (χ2v) is 10.6. The molecule has 2 aromatic rings. The van der Waals surface area contributed by atoms with Gasteiger partial charge in [0.1, 0.15) is 23.0 Å². The number of nitrogens with one attached hydrogen (secondary N) is 2. The second-order valence-electron chi connectivity index (χ2n) is 10.6. The first-order valence-corrected chi connectivity index (χ1v) is 14.3. The molecule has 5 rings (SSSR count). The number of guanidine groups is 1. The molecule has 0 unspecified atom stereocenters. The molecule has 0 saturated carbocycles. The number of carbonyl (C=O) groups is 1. The van der Waals surface area contributed by atoms with Crippen molar-refractivity contribution in [1.29, 1.82) is 0 Å². The Kier molecular flexibility index (Phi) is 9.67. The molecule has 16 heteroatoms. The highest BCUT2D eigenvalue weighted by atomic mass is 19.4. The van der Waals surface area contributed by atoms with Crippen molar-refractivity contribution in [2.75, 3.05) is 75.1 Å². The number of benzene rings is 2. The van der Waals surface area contributed by atoms with Crippen molar-refractivity contribution in [3.63, 3.8) is 0 Å². The Morgan fingerprint density at radius 2 is 1.76 bits per heavy atom. The number of morpholine rings is 1. The van der Waals surface area contributed by atoms with Gasteiger partial charge in [-0.15, -0.1) is 0 Å². The number of carbonyl (C=O) groups excluding carboxylic acids is 1. The summed E-state index contributed by atoms with van der Waals surface area (Å²) in [5.74, 6) is -2.81. The normalized spacial score (nSPS) is 19.6. The van der Waals surface area contributed by atoms with Crippen LogP contribution >= 0.6 is 0 Å². The molecule has 2 aromatic carbocycles. The number of hydrogen-bond donors (Lipinski definition) is 3. The summed E-state index contributed by atoms with van der Waals surface area (Å²) in [5, 5.41) is 5.10.